The molecule has 1 unspecified atom stereocenters. The Hall–Kier alpha value is -1.39. The lowest BCUT2D eigenvalue weighted by Gasteiger charge is -2.13. The Morgan fingerprint density at radius 2 is 1.70 bits per heavy atom. The van der Waals surface area contributed by atoms with Crippen LogP contribution in [0, 0.1) is 20.8 Å². The number of nitrogens with zero attached hydrogens (tertiary/aromatic N) is 2. The molecular weight excluding hydrogens is 268 g/mol. The van der Waals surface area contributed by atoms with E-state index in [1.54, 1.807) is 0 Å². The maximum Gasteiger partial charge on any atom is 0.192 e. The normalized spacial score (nSPS) is 12.4. The number of benzene rings is 1. The number of aromatic nitrogens is 2. The summed E-state index contributed by atoms with van der Waals surface area (Å²) in [5.41, 5.74) is 4.10. The van der Waals surface area contributed by atoms with Gasteiger partial charge in [0.2, 0.25) is 0 Å². The molecule has 3 nitrogen and oxygen atoms in total. The summed E-state index contributed by atoms with van der Waals surface area (Å²) < 4.78 is 0. The Balaban J connectivity index is 2.35. The molecule has 0 spiro atoms. The van der Waals surface area contributed by atoms with Crippen molar-refractivity contribution in [3.8, 4) is 0 Å². The van der Waals surface area contributed by atoms with E-state index in [4.69, 9.17) is 0 Å². The maximum atomic E-state index is 10.1. The third kappa shape index (κ3) is 3.19. The van der Waals surface area contributed by atoms with E-state index in [2.05, 4.69) is 9.97 Å². The van der Waals surface area contributed by atoms with Gasteiger partial charge >= 0.3 is 0 Å². The number of aryl methyl sites for hydroxylation is 2. The molecular formula is C16H20N2OS. The summed E-state index contributed by atoms with van der Waals surface area (Å²) in [6.45, 7) is 8.01. The number of aliphatic hydroxyl groups is 1. The molecule has 20 heavy (non-hydrogen) atoms. The van der Waals surface area contributed by atoms with E-state index >= 15 is 0 Å². The fourth-order valence-corrected chi connectivity index (χ4v) is 2.98. The molecule has 106 valence electrons. The molecule has 0 amide bonds. The van der Waals surface area contributed by atoms with Crippen LogP contribution in [0.25, 0.3) is 0 Å². The third-order valence-corrected chi connectivity index (χ3v) is 4.43. The van der Waals surface area contributed by atoms with Crippen LogP contribution in [0.15, 0.2) is 34.3 Å². The van der Waals surface area contributed by atoms with Crippen LogP contribution in [0.1, 0.15) is 42.0 Å². The minimum absolute atomic E-state index is 0.439. The Morgan fingerprint density at radius 1 is 1.10 bits per heavy atom. The highest BCUT2D eigenvalue weighted by Crippen LogP contribution is 2.32. The Kier molecular flexibility index (Phi) is 4.78. The van der Waals surface area contributed by atoms with Gasteiger partial charge in [0, 0.05) is 16.3 Å². The summed E-state index contributed by atoms with van der Waals surface area (Å²) in [6.07, 6.45) is 0.260. The van der Waals surface area contributed by atoms with E-state index in [1.807, 2.05) is 52.0 Å². The summed E-state index contributed by atoms with van der Waals surface area (Å²) in [5, 5.41) is 10.8. The van der Waals surface area contributed by atoms with Crippen LogP contribution in [0.2, 0.25) is 0 Å². The van der Waals surface area contributed by atoms with Crippen molar-refractivity contribution >= 4 is 11.8 Å². The lowest BCUT2D eigenvalue weighted by molar-refractivity contribution is 0.171. The van der Waals surface area contributed by atoms with E-state index in [0.717, 1.165) is 32.6 Å². The first-order valence-corrected chi connectivity index (χ1v) is 7.61. The minimum Gasteiger partial charge on any atom is -0.388 e. The molecule has 1 aromatic carbocycles. The molecule has 0 fully saturated rings. The zero-order valence-corrected chi connectivity index (χ0v) is 13.2. The van der Waals surface area contributed by atoms with E-state index in [0.29, 0.717) is 6.42 Å². The maximum absolute atomic E-state index is 10.1. The van der Waals surface area contributed by atoms with E-state index in [9.17, 15) is 5.11 Å². The van der Waals surface area contributed by atoms with Crippen molar-refractivity contribution in [1.29, 1.82) is 0 Å². The highest BCUT2D eigenvalue weighted by molar-refractivity contribution is 7.99. The second-order valence-electron chi connectivity index (χ2n) is 4.87. The summed E-state index contributed by atoms with van der Waals surface area (Å²) in [5.74, 6) is 0. The summed E-state index contributed by atoms with van der Waals surface area (Å²) in [4.78, 5) is 10.1. The lowest BCUT2D eigenvalue weighted by atomic mass is 10.1. The molecule has 0 aliphatic carbocycles. The van der Waals surface area contributed by atoms with Gasteiger partial charge in [0.25, 0.3) is 0 Å². The van der Waals surface area contributed by atoms with Gasteiger partial charge in [-0.3, -0.25) is 0 Å². The van der Waals surface area contributed by atoms with Crippen LogP contribution in [0.5, 0.6) is 0 Å². The molecule has 0 saturated heterocycles. The first-order valence-electron chi connectivity index (χ1n) is 6.79. The van der Waals surface area contributed by atoms with Crippen molar-refractivity contribution in [2.75, 3.05) is 0 Å². The standard InChI is InChI=1S/C16H20N2OS/c1-5-14(19)13-8-6-7-9-15(13)20-16-17-11(3)10(2)12(4)18-16/h6-9,14,19H,5H2,1-4H3. The second-order valence-corrected chi connectivity index (χ2v) is 5.88. The second kappa shape index (κ2) is 6.37. The largest absolute Gasteiger partial charge is 0.388 e. The molecule has 0 saturated carbocycles. The molecule has 0 aliphatic heterocycles. The van der Waals surface area contributed by atoms with Gasteiger partial charge in [0.05, 0.1) is 6.10 Å². The van der Waals surface area contributed by atoms with Gasteiger partial charge in [-0.1, -0.05) is 25.1 Å². The number of hydrogen-bond acceptors (Lipinski definition) is 4. The molecule has 1 heterocycles. The van der Waals surface area contributed by atoms with Crippen LogP contribution in [0.3, 0.4) is 0 Å². The number of rotatable bonds is 4. The first kappa shape index (κ1) is 15.0. The van der Waals surface area contributed by atoms with Crippen molar-refractivity contribution in [2.45, 2.75) is 50.3 Å². The lowest BCUT2D eigenvalue weighted by Crippen LogP contribution is -2.00. The van der Waals surface area contributed by atoms with Crippen LogP contribution >= 0.6 is 11.8 Å². The van der Waals surface area contributed by atoms with Gasteiger partial charge < -0.3 is 5.11 Å². The molecule has 2 aromatic rings. The van der Waals surface area contributed by atoms with E-state index in [-0.39, 0.29) is 0 Å². The van der Waals surface area contributed by atoms with Crippen LogP contribution in [0.4, 0.5) is 0 Å². The third-order valence-electron chi connectivity index (χ3n) is 3.48. The molecule has 1 atom stereocenters. The zero-order valence-electron chi connectivity index (χ0n) is 12.3. The van der Waals surface area contributed by atoms with Crippen LogP contribution in [-0.2, 0) is 0 Å². The molecule has 0 bridgehead atoms. The van der Waals surface area contributed by atoms with Crippen LogP contribution in [-0.4, -0.2) is 15.1 Å². The van der Waals surface area contributed by atoms with Crippen molar-refractivity contribution < 1.29 is 5.11 Å². The van der Waals surface area contributed by atoms with Crippen molar-refractivity contribution in [2.24, 2.45) is 0 Å². The summed E-state index contributed by atoms with van der Waals surface area (Å²) in [6, 6.07) is 7.89. The topological polar surface area (TPSA) is 46.0 Å². The molecule has 1 N–H and O–H groups in total. The summed E-state index contributed by atoms with van der Waals surface area (Å²) in [7, 11) is 0. The van der Waals surface area contributed by atoms with Crippen molar-refractivity contribution in [1.82, 2.24) is 9.97 Å². The molecule has 4 heteroatoms. The fraction of sp³-hybridized carbons (Fsp3) is 0.375. The van der Waals surface area contributed by atoms with Crippen molar-refractivity contribution in [3.63, 3.8) is 0 Å². The molecule has 2 rings (SSSR count). The summed E-state index contributed by atoms with van der Waals surface area (Å²) >= 11 is 1.51. The Labute approximate surface area is 124 Å². The average Bonchev–Trinajstić information content (AvgIpc) is 2.44. The smallest absolute Gasteiger partial charge is 0.192 e. The Bertz CT molecular complexity index is 590. The van der Waals surface area contributed by atoms with Gasteiger partial charge in [-0.2, -0.15) is 0 Å². The monoisotopic (exact) mass is 288 g/mol. The Morgan fingerprint density at radius 3 is 2.30 bits per heavy atom. The van der Waals surface area contributed by atoms with Gasteiger partial charge in [-0.05, 0) is 56.1 Å². The van der Waals surface area contributed by atoms with Crippen LogP contribution < -0.4 is 0 Å². The van der Waals surface area contributed by atoms with E-state index < -0.39 is 6.10 Å². The van der Waals surface area contributed by atoms with E-state index in [1.165, 1.54) is 11.8 Å². The number of aliphatic hydroxyl groups excluding tert-OH is 1. The van der Waals surface area contributed by atoms with Gasteiger partial charge in [0.15, 0.2) is 5.16 Å². The average molecular weight is 288 g/mol. The SMILES string of the molecule is CCC(O)c1ccccc1Sc1nc(C)c(C)c(C)n1. The highest BCUT2D eigenvalue weighted by atomic mass is 32.2. The first-order chi connectivity index (χ1) is 9.52. The zero-order chi connectivity index (χ0) is 14.7. The predicted molar refractivity (Wildman–Crippen MR) is 82.1 cm³/mol. The fourth-order valence-electron chi connectivity index (χ4n) is 1.95. The minimum atomic E-state index is -0.439. The van der Waals surface area contributed by atoms with Gasteiger partial charge in [-0.25, -0.2) is 9.97 Å². The van der Waals surface area contributed by atoms with Gasteiger partial charge in [-0.15, -0.1) is 0 Å². The van der Waals surface area contributed by atoms with Crippen molar-refractivity contribution in [3.05, 3.63) is 46.8 Å². The molecule has 0 aliphatic rings. The molecule has 0 radical (unpaired) electrons. The van der Waals surface area contributed by atoms with Gasteiger partial charge in [0.1, 0.15) is 0 Å². The predicted octanol–water partition coefficient (Wildman–Crippen LogP) is 4.00. The highest BCUT2D eigenvalue weighted by Gasteiger charge is 2.13. The molecule has 1 aromatic heterocycles. The number of hydrogen-bond donors (Lipinski definition) is 1. The quantitative estimate of drug-likeness (QED) is 0.864.